The fourth-order valence-corrected chi connectivity index (χ4v) is 4.75. The highest BCUT2D eigenvalue weighted by molar-refractivity contribution is 6.31. The molecule has 2 aliphatic rings. The molecule has 2 heterocycles. The average Bonchev–Trinajstić information content (AvgIpc) is 2.74. The summed E-state index contributed by atoms with van der Waals surface area (Å²) < 4.78 is 6.27. The Hall–Kier alpha value is -3.53. The highest BCUT2D eigenvalue weighted by atomic mass is 35.5. The predicted molar refractivity (Wildman–Crippen MR) is 118 cm³/mol. The molecule has 0 N–H and O–H groups in total. The first-order valence-electron chi connectivity index (χ1n) is 10.3. The highest BCUT2D eigenvalue weighted by Crippen LogP contribution is 2.42. The van der Waals surface area contributed by atoms with Crippen LogP contribution in [-0.2, 0) is 0 Å². The summed E-state index contributed by atoms with van der Waals surface area (Å²) in [6.07, 6.45) is 0.910. The summed E-state index contributed by atoms with van der Waals surface area (Å²) in [6.45, 7) is 3.57. The van der Waals surface area contributed by atoms with Crippen LogP contribution in [0.3, 0.4) is 0 Å². The summed E-state index contributed by atoms with van der Waals surface area (Å²) in [7, 11) is 0. The van der Waals surface area contributed by atoms with Gasteiger partial charge in [0.05, 0.1) is 27.4 Å². The Morgan fingerprint density at radius 3 is 2.18 bits per heavy atom. The molecule has 1 amide bonds. The van der Waals surface area contributed by atoms with Crippen LogP contribution in [0.25, 0.3) is 0 Å². The molecule has 0 saturated carbocycles. The van der Waals surface area contributed by atoms with Gasteiger partial charge in [0, 0.05) is 43.1 Å². The fourth-order valence-electron chi connectivity index (χ4n) is 4.48. The molecule has 0 aliphatic carbocycles. The van der Waals surface area contributed by atoms with Gasteiger partial charge >= 0.3 is 0 Å². The van der Waals surface area contributed by atoms with E-state index in [2.05, 4.69) is 0 Å². The molecule has 0 unspecified atom stereocenters. The van der Waals surface area contributed by atoms with Crippen LogP contribution in [0, 0.1) is 34.1 Å². The maximum atomic E-state index is 13.0. The third-order valence-corrected chi connectivity index (χ3v) is 6.51. The Bertz CT molecular complexity index is 1180. The lowest BCUT2D eigenvalue weighted by molar-refractivity contribution is -0.395. The van der Waals surface area contributed by atoms with Gasteiger partial charge in [0.25, 0.3) is 17.3 Å². The maximum Gasteiger partial charge on any atom is 0.279 e. The van der Waals surface area contributed by atoms with E-state index >= 15 is 0 Å². The number of carbonyl (C=O) groups excluding carboxylic acids is 2. The number of benzene rings is 2. The first-order valence-corrected chi connectivity index (χ1v) is 10.6. The monoisotopic (exact) mass is 473 g/mol. The molecule has 172 valence electrons. The first-order chi connectivity index (χ1) is 15.5. The summed E-state index contributed by atoms with van der Waals surface area (Å²) in [6, 6.07) is 5.45. The van der Waals surface area contributed by atoms with E-state index in [0.29, 0.717) is 29.2 Å². The number of ketones is 1. The number of amides is 1. The number of fused-ring (bicyclic) bond motifs is 1. The normalized spacial score (nSPS) is 16.8. The second-order valence-corrected chi connectivity index (χ2v) is 8.87. The molecule has 1 spiro atoms. The number of carbonyl (C=O) groups is 2. The summed E-state index contributed by atoms with van der Waals surface area (Å²) in [5.74, 6) is -0.117. The Morgan fingerprint density at radius 2 is 1.64 bits per heavy atom. The van der Waals surface area contributed by atoms with Crippen LogP contribution in [0.15, 0.2) is 24.3 Å². The van der Waals surface area contributed by atoms with E-state index in [1.807, 2.05) is 6.92 Å². The molecule has 2 aliphatic heterocycles. The lowest BCUT2D eigenvalue weighted by atomic mass is 9.82. The quantitative estimate of drug-likeness (QED) is 0.476. The zero-order valence-electron chi connectivity index (χ0n) is 17.9. The van der Waals surface area contributed by atoms with E-state index in [9.17, 15) is 29.8 Å². The van der Waals surface area contributed by atoms with Crippen LogP contribution in [-0.4, -0.2) is 45.1 Å². The molecule has 33 heavy (non-hydrogen) atoms. The van der Waals surface area contributed by atoms with Gasteiger partial charge in [-0.25, -0.2) is 0 Å². The van der Waals surface area contributed by atoms with Crippen molar-refractivity contribution < 1.29 is 24.2 Å². The smallest absolute Gasteiger partial charge is 0.279 e. The molecule has 2 aromatic rings. The Balaban J connectivity index is 1.56. The second-order valence-electron chi connectivity index (χ2n) is 8.43. The van der Waals surface area contributed by atoms with E-state index in [0.717, 1.165) is 17.7 Å². The second kappa shape index (κ2) is 8.11. The third kappa shape index (κ3) is 4.02. The molecule has 10 nitrogen and oxygen atoms in total. The standard InChI is InChI=1S/C22H20ClN3O7/c1-12-7-15(23)10-16-19(27)11-22(33-20(12)16)3-5-24(6-4-22)21(28)14-8-17(25(29)30)13(2)18(9-14)26(31)32/h7-10H,3-6,11H2,1-2H3. The van der Waals surface area contributed by atoms with Crippen molar-refractivity contribution in [3.8, 4) is 5.75 Å². The van der Waals surface area contributed by atoms with Crippen molar-refractivity contribution in [2.45, 2.75) is 38.7 Å². The van der Waals surface area contributed by atoms with Crippen molar-refractivity contribution in [1.82, 2.24) is 4.90 Å². The van der Waals surface area contributed by atoms with Crippen molar-refractivity contribution in [3.63, 3.8) is 0 Å². The van der Waals surface area contributed by atoms with Crippen LogP contribution in [0.5, 0.6) is 5.75 Å². The van der Waals surface area contributed by atoms with Gasteiger partial charge in [-0.2, -0.15) is 0 Å². The van der Waals surface area contributed by atoms with E-state index in [1.54, 1.807) is 12.1 Å². The molecular formula is C22H20ClN3O7. The van der Waals surface area contributed by atoms with Crippen LogP contribution in [0.4, 0.5) is 11.4 Å². The molecule has 4 rings (SSSR count). The minimum absolute atomic E-state index is 0.0774. The summed E-state index contributed by atoms with van der Waals surface area (Å²) in [5.41, 5.74) is -0.744. The predicted octanol–water partition coefficient (Wildman–Crippen LogP) is 4.41. The summed E-state index contributed by atoms with van der Waals surface area (Å²) in [5, 5.41) is 23.1. The van der Waals surface area contributed by atoms with Gasteiger partial charge in [-0.3, -0.25) is 29.8 Å². The van der Waals surface area contributed by atoms with Gasteiger partial charge in [0.15, 0.2) is 5.78 Å². The number of aryl methyl sites for hydroxylation is 1. The van der Waals surface area contributed by atoms with Crippen LogP contribution in [0.1, 0.15) is 51.1 Å². The number of hydrogen-bond donors (Lipinski definition) is 0. The number of Topliss-reactive ketones (excluding diaryl/α,β-unsaturated/α-hetero) is 1. The first kappa shape index (κ1) is 22.7. The molecule has 0 radical (unpaired) electrons. The van der Waals surface area contributed by atoms with Crippen molar-refractivity contribution in [2.75, 3.05) is 13.1 Å². The van der Waals surface area contributed by atoms with E-state index in [-0.39, 0.29) is 36.4 Å². The molecule has 0 bridgehead atoms. The van der Waals surface area contributed by atoms with E-state index in [1.165, 1.54) is 11.8 Å². The van der Waals surface area contributed by atoms with Crippen molar-refractivity contribution >= 4 is 34.7 Å². The zero-order valence-corrected chi connectivity index (χ0v) is 18.7. The molecule has 11 heteroatoms. The number of nitrogens with zero attached hydrogens (tertiary/aromatic N) is 3. The summed E-state index contributed by atoms with van der Waals surface area (Å²) >= 11 is 6.07. The number of hydrogen-bond acceptors (Lipinski definition) is 7. The van der Waals surface area contributed by atoms with Crippen molar-refractivity contribution in [3.05, 3.63) is 71.8 Å². The Kier molecular flexibility index (Phi) is 5.57. The molecule has 0 atom stereocenters. The number of nitro groups is 2. The number of likely N-dealkylation sites (tertiary alicyclic amines) is 1. The van der Waals surface area contributed by atoms with Crippen molar-refractivity contribution in [2.24, 2.45) is 0 Å². The third-order valence-electron chi connectivity index (χ3n) is 6.30. The van der Waals surface area contributed by atoms with Gasteiger partial charge in [-0.1, -0.05) is 11.6 Å². The fraction of sp³-hybridized carbons (Fsp3) is 0.364. The summed E-state index contributed by atoms with van der Waals surface area (Å²) in [4.78, 5) is 48.5. The lowest BCUT2D eigenvalue weighted by Gasteiger charge is -2.44. The van der Waals surface area contributed by atoms with Gasteiger partial charge in [0.1, 0.15) is 16.9 Å². The van der Waals surface area contributed by atoms with Gasteiger partial charge in [-0.15, -0.1) is 0 Å². The average molecular weight is 474 g/mol. The largest absolute Gasteiger partial charge is 0.486 e. The van der Waals surface area contributed by atoms with Gasteiger partial charge in [-0.05, 0) is 31.5 Å². The number of halogens is 1. The number of piperidine rings is 1. The molecular weight excluding hydrogens is 454 g/mol. The van der Waals surface area contributed by atoms with Gasteiger partial charge < -0.3 is 9.64 Å². The Morgan fingerprint density at radius 1 is 1.06 bits per heavy atom. The van der Waals surface area contributed by atoms with Crippen LogP contribution in [0.2, 0.25) is 5.02 Å². The van der Waals surface area contributed by atoms with Crippen molar-refractivity contribution in [1.29, 1.82) is 0 Å². The molecule has 1 fully saturated rings. The van der Waals surface area contributed by atoms with E-state index < -0.39 is 32.7 Å². The number of nitro benzene ring substituents is 2. The number of ether oxygens (including phenoxy) is 1. The molecule has 0 aromatic heterocycles. The zero-order chi connectivity index (χ0) is 24.1. The lowest BCUT2D eigenvalue weighted by Crippen LogP contribution is -2.52. The van der Waals surface area contributed by atoms with Gasteiger partial charge in [0.2, 0.25) is 0 Å². The Labute approximate surface area is 193 Å². The van der Waals surface area contributed by atoms with E-state index in [4.69, 9.17) is 16.3 Å². The molecule has 2 aromatic carbocycles. The van der Waals surface area contributed by atoms with Crippen LogP contribution >= 0.6 is 11.6 Å². The minimum Gasteiger partial charge on any atom is -0.486 e. The minimum atomic E-state index is -0.759. The topological polar surface area (TPSA) is 133 Å². The molecule has 1 saturated heterocycles. The maximum absolute atomic E-state index is 13.0. The number of rotatable bonds is 3. The SMILES string of the molecule is Cc1cc(Cl)cc2c1OC1(CCN(C(=O)c3cc([N+](=O)[O-])c(C)c([N+](=O)[O-])c3)CC1)CC2=O. The van der Waals surface area contributed by atoms with Crippen LogP contribution < -0.4 is 4.74 Å². The highest BCUT2D eigenvalue weighted by Gasteiger charge is 2.44.